The Morgan fingerprint density at radius 3 is 1.59 bits per heavy atom. The highest BCUT2D eigenvalue weighted by Gasteiger charge is 2.38. The van der Waals surface area contributed by atoms with Crippen LogP contribution >= 0.6 is 12.4 Å². The molecular formula is C33H43ClN6O4. The van der Waals surface area contributed by atoms with Crippen LogP contribution in [0, 0.1) is 22.7 Å². The van der Waals surface area contributed by atoms with Gasteiger partial charge in [-0.2, -0.15) is 10.5 Å². The summed E-state index contributed by atoms with van der Waals surface area (Å²) in [5.74, 6) is 0. The number of ether oxygens (including phenoxy) is 3. The van der Waals surface area contributed by atoms with Crippen molar-refractivity contribution >= 4 is 18.5 Å². The van der Waals surface area contributed by atoms with E-state index in [9.17, 15) is 4.79 Å². The molecule has 0 radical (unpaired) electrons. The van der Waals surface area contributed by atoms with Crippen molar-refractivity contribution in [3.05, 3.63) is 70.8 Å². The highest BCUT2D eigenvalue weighted by atomic mass is 35.5. The summed E-state index contributed by atoms with van der Waals surface area (Å²) in [5, 5.41) is 21.1. The molecular weight excluding hydrogens is 580 g/mol. The molecule has 4 aliphatic rings. The number of halogens is 1. The van der Waals surface area contributed by atoms with Gasteiger partial charge in [-0.1, -0.05) is 24.3 Å². The number of fused-ring (bicyclic) bond motifs is 4. The maximum atomic E-state index is 12.3. The van der Waals surface area contributed by atoms with Crippen molar-refractivity contribution in [1.82, 2.24) is 20.0 Å². The number of nitrogens with one attached hydrogen (secondary N) is 1. The van der Waals surface area contributed by atoms with E-state index in [0.29, 0.717) is 30.9 Å². The minimum atomic E-state index is -0.480. The Hall–Kier alpha value is -3.22. The first-order chi connectivity index (χ1) is 20.7. The lowest BCUT2D eigenvalue weighted by Gasteiger charge is -2.45. The first kappa shape index (κ1) is 33.7. The molecule has 44 heavy (non-hydrogen) atoms. The number of hydrogen-bond acceptors (Lipinski definition) is 9. The van der Waals surface area contributed by atoms with Gasteiger partial charge in [0, 0.05) is 52.4 Å². The predicted octanol–water partition coefficient (Wildman–Crippen LogP) is 3.53. The van der Waals surface area contributed by atoms with Crippen LogP contribution in [-0.2, 0) is 27.3 Å². The van der Waals surface area contributed by atoms with Crippen molar-refractivity contribution < 1.29 is 19.0 Å². The molecule has 236 valence electrons. The normalized spacial score (nSPS) is 24.9. The number of benzene rings is 2. The van der Waals surface area contributed by atoms with Crippen molar-refractivity contribution in [2.24, 2.45) is 0 Å². The van der Waals surface area contributed by atoms with Gasteiger partial charge in [-0.25, -0.2) is 4.79 Å². The summed E-state index contributed by atoms with van der Waals surface area (Å²) in [6.07, 6.45) is 0.426. The van der Waals surface area contributed by atoms with Gasteiger partial charge in [-0.05, 0) is 56.2 Å². The molecule has 2 aromatic rings. The summed E-state index contributed by atoms with van der Waals surface area (Å²) in [6.45, 7) is 14.0. The van der Waals surface area contributed by atoms with Gasteiger partial charge < -0.3 is 24.4 Å². The smallest absolute Gasteiger partial charge is 0.410 e. The van der Waals surface area contributed by atoms with E-state index in [1.165, 1.54) is 11.1 Å². The van der Waals surface area contributed by atoms with Crippen LogP contribution in [-0.4, -0.2) is 103 Å². The molecule has 4 unspecified atom stereocenters. The highest BCUT2D eigenvalue weighted by Crippen LogP contribution is 2.23. The van der Waals surface area contributed by atoms with Gasteiger partial charge in [-0.3, -0.25) is 9.80 Å². The van der Waals surface area contributed by atoms with Crippen molar-refractivity contribution in [3.63, 3.8) is 0 Å². The Kier molecular flexibility index (Phi) is 11.6. The number of carbonyl (C=O) groups excluding carboxylic acids is 1. The number of nitriles is 2. The van der Waals surface area contributed by atoms with E-state index in [1.54, 1.807) is 4.90 Å². The molecule has 2 aromatic carbocycles. The maximum Gasteiger partial charge on any atom is 0.410 e. The SMILES string of the molecule is CC(C)(C)OC(=O)N1CC2CN(Cc3ccc(C#N)cc3)CC(C1)O2.Cl.N#Cc1ccc(CN2CC3CNCC(C2)O3)cc1. The number of nitrogens with zero attached hydrogens (tertiary/aromatic N) is 5. The van der Waals surface area contributed by atoms with Gasteiger partial charge in [-0.15, -0.1) is 12.4 Å². The summed E-state index contributed by atoms with van der Waals surface area (Å²) in [5.41, 5.74) is 3.37. The topological polar surface area (TPSA) is 114 Å². The Labute approximate surface area is 266 Å². The Bertz CT molecular complexity index is 1290. The highest BCUT2D eigenvalue weighted by molar-refractivity contribution is 5.85. The van der Waals surface area contributed by atoms with Gasteiger partial charge in [0.1, 0.15) is 5.60 Å². The van der Waals surface area contributed by atoms with Crippen LogP contribution in [0.4, 0.5) is 4.79 Å². The van der Waals surface area contributed by atoms with Gasteiger partial charge in [0.15, 0.2) is 0 Å². The van der Waals surface area contributed by atoms with E-state index in [4.69, 9.17) is 24.7 Å². The lowest BCUT2D eigenvalue weighted by molar-refractivity contribution is -0.137. The van der Waals surface area contributed by atoms with E-state index in [1.807, 2.05) is 69.3 Å². The number of morpholine rings is 4. The quantitative estimate of drug-likeness (QED) is 0.547. The minimum Gasteiger partial charge on any atom is -0.444 e. The van der Waals surface area contributed by atoms with Crippen molar-refractivity contribution in [1.29, 1.82) is 10.5 Å². The van der Waals surface area contributed by atoms with E-state index in [2.05, 4.69) is 27.3 Å². The standard InChI is InChI=1S/C19H25N3O3.C14H17N3O.ClH/c1-19(2,3)25-18(23)22-12-16-10-21(11-17(13-22)24-16)9-15-6-4-14(8-20)5-7-15;15-5-11-1-3-12(4-2-11)8-17-9-13-6-16-7-14(10-17)18-13;/h4-7,16-17H,9-13H2,1-3H3;1-4,13-14,16H,6-10H2;1H. The molecule has 4 bridgehead atoms. The molecule has 0 aliphatic carbocycles. The van der Waals surface area contributed by atoms with Crippen LogP contribution in [0.5, 0.6) is 0 Å². The third-order valence-electron chi connectivity index (χ3n) is 7.84. The van der Waals surface area contributed by atoms with Gasteiger partial charge in [0.25, 0.3) is 0 Å². The zero-order valence-corrected chi connectivity index (χ0v) is 26.6. The first-order valence-corrected chi connectivity index (χ1v) is 15.1. The predicted molar refractivity (Wildman–Crippen MR) is 168 cm³/mol. The zero-order valence-electron chi connectivity index (χ0n) is 25.8. The minimum absolute atomic E-state index is 0. The van der Waals surface area contributed by atoms with Gasteiger partial charge in [0.2, 0.25) is 0 Å². The third-order valence-corrected chi connectivity index (χ3v) is 7.84. The van der Waals surface area contributed by atoms with Gasteiger partial charge in [0.05, 0.1) is 60.8 Å². The molecule has 0 aromatic heterocycles. The molecule has 4 aliphatic heterocycles. The second-order valence-electron chi connectivity index (χ2n) is 12.8. The summed E-state index contributed by atoms with van der Waals surface area (Å²) in [4.78, 5) is 18.9. The van der Waals surface area contributed by atoms with Crippen molar-refractivity contribution in [2.45, 2.75) is 63.9 Å². The number of rotatable bonds is 4. The second kappa shape index (κ2) is 15.2. The van der Waals surface area contributed by atoms with Crippen molar-refractivity contribution in [3.8, 4) is 12.1 Å². The largest absolute Gasteiger partial charge is 0.444 e. The number of carbonyl (C=O) groups is 1. The van der Waals surface area contributed by atoms with Crippen LogP contribution < -0.4 is 5.32 Å². The molecule has 4 fully saturated rings. The first-order valence-electron chi connectivity index (χ1n) is 15.1. The van der Waals surface area contributed by atoms with Gasteiger partial charge >= 0.3 is 6.09 Å². The van der Waals surface area contributed by atoms with E-state index < -0.39 is 5.60 Å². The molecule has 0 saturated carbocycles. The lowest BCUT2D eigenvalue weighted by atomic mass is 10.1. The molecule has 1 amide bonds. The van der Waals surface area contributed by atoms with Crippen LogP contribution in [0.1, 0.15) is 43.0 Å². The second-order valence-corrected chi connectivity index (χ2v) is 12.8. The zero-order chi connectivity index (χ0) is 30.4. The average Bonchev–Trinajstić information content (AvgIpc) is 2.97. The average molecular weight is 623 g/mol. The fraction of sp³-hybridized carbons (Fsp3) is 0.545. The molecule has 0 spiro atoms. The summed E-state index contributed by atoms with van der Waals surface area (Å²) in [7, 11) is 0. The monoisotopic (exact) mass is 622 g/mol. The molecule has 4 saturated heterocycles. The summed E-state index contributed by atoms with van der Waals surface area (Å²) in [6, 6.07) is 19.8. The lowest BCUT2D eigenvalue weighted by Crippen LogP contribution is -2.60. The number of amides is 1. The van der Waals surface area contributed by atoms with Crippen LogP contribution in [0.2, 0.25) is 0 Å². The van der Waals surface area contributed by atoms with Crippen LogP contribution in [0.15, 0.2) is 48.5 Å². The third kappa shape index (κ3) is 9.64. The molecule has 10 nitrogen and oxygen atoms in total. The summed E-state index contributed by atoms with van der Waals surface area (Å²) >= 11 is 0. The fourth-order valence-electron chi connectivity index (χ4n) is 6.04. The summed E-state index contributed by atoms with van der Waals surface area (Å²) < 4.78 is 17.4. The Morgan fingerprint density at radius 2 is 1.18 bits per heavy atom. The molecule has 6 rings (SSSR count). The molecule has 4 heterocycles. The van der Waals surface area contributed by atoms with Crippen LogP contribution in [0.3, 0.4) is 0 Å². The van der Waals surface area contributed by atoms with Crippen LogP contribution in [0.25, 0.3) is 0 Å². The Balaban J connectivity index is 0.000000206. The molecule has 11 heteroatoms. The fourth-order valence-corrected chi connectivity index (χ4v) is 6.04. The van der Waals surface area contributed by atoms with E-state index in [0.717, 1.165) is 57.9 Å². The molecule has 4 atom stereocenters. The Morgan fingerprint density at radius 1 is 0.773 bits per heavy atom. The maximum absolute atomic E-state index is 12.3. The van der Waals surface area contributed by atoms with Crippen molar-refractivity contribution in [2.75, 3.05) is 52.4 Å². The molecule has 1 N–H and O–H groups in total. The number of hydrogen-bond donors (Lipinski definition) is 1. The van der Waals surface area contributed by atoms with E-state index in [-0.39, 0.29) is 30.7 Å². The van der Waals surface area contributed by atoms with E-state index >= 15 is 0 Å².